The Morgan fingerprint density at radius 1 is 0.952 bits per heavy atom. The minimum Gasteiger partial charge on any atom is -0.444 e. The second-order valence-corrected chi connectivity index (χ2v) is 5.98. The highest BCUT2D eigenvalue weighted by molar-refractivity contribution is 6.01. The molecule has 0 aliphatic heterocycles. The molecule has 0 saturated heterocycles. The van der Waals surface area contributed by atoms with E-state index in [-0.39, 0.29) is 5.96 Å². The van der Waals surface area contributed by atoms with E-state index in [2.05, 4.69) is 15.6 Å². The predicted octanol–water partition coefficient (Wildman–Crippen LogP) is 1.74. The van der Waals surface area contributed by atoms with Crippen LogP contribution in [0.5, 0.6) is 0 Å². The quantitative estimate of drug-likeness (QED) is 0.436. The fourth-order valence-corrected chi connectivity index (χ4v) is 0.987. The number of rotatable bonds is 1. The Hall–Kier alpha value is -2.34. The van der Waals surface area contributed by atoms with E-state index in [4.69, 9.17) is 9.47 Å². The smallest absolute Gasteiger partial charge is 0.414 e. The normalized spacial score (nSPS) is 10.8. The van der Waals surface area contributed by atoms with E-state index in [0.29, 0.717) is 0 Å². The fraction of sp³-hybridized carbons (Fsp3) is 0.615. The van der Waals surface area contributed by atoms with Crippen LogP contribution in [0.2, 0.25) is 0 Å². The molecule has 0 bridgehead atoms. The van der Waals surface area contributed by atoms with Crippen molar-refractivity contribution >= 4 is 24.1 Å². The molecule has 21 heavy (non-hydrogen) atoms. The maximum atomic E-state index is 11.6. The molecule has 0 fully saturated rings. The summed E-state index contributed by atoms with van der Waals surface area (Å²) in [5.74, 6) is 1.09. The summed E-state index contributed by atoms with van der Waals surface area (Å²) in [4.78, 5) is 36.8. The molecule has 0 saturated carbocycles. The molecule has 2 amide bonds. The van der Waals surface area contributed by atoms with Crippen molar-refractivity contribution in [3.8, 4) is 0 Å². The van der Waals surface area contributed by atoms with Crippen LogP contribution in [0.15, 0.2) is 11.2 Å². The van der Waals surface area contributed by atoms with Crippen LogP contribution in [0.3, 0.4) is 0 Å². The average molecular weight is 299 g/mol. The van der Waals surface area contributed by atoms with Crippen molar-refractivity contribution in [3.63, 3.8) is 0 Å². The van der Waals surface area contributed by atoms with Gasteiger partial charge in [0.15, 0.2) is 0 Å². The highest BCUT2D eigenvalue weighted by atomic mass is 16.6. The molecule has 118 valence electrons. The largest absolute Gasteiger partial charge is 0.444 e. The molecule has 0 unspecified atom stereocenters. The molecular formula is C13H21N3O5. The highest BCUT2D eigenvalue weighted by Crippen LogP contribution is 2.07. The average Bonchev–Trinajstić information content (AvgIpc) is 2.20. The molecule has 0 heterocycles. The van der Waals surface area contributed by atoms with Gasteiger partial charge in [-0.3, -0.25) is 10.6 Å². The van der Waals surface area contributed by atoms with Crippen LogP contribution < -0.4 is 10.6 Å². The van der Waals surface area contributed by atoms with E-state index in [1.165, 1.54) is 5.94 Å². The Labute approximate surface area is 123 Å². The van der Waals surface area contributed by atoms with Crippen LogP contribution in [0.4, 0.5) is 9.59 Å². The third-order valence-corrected chi connectivity index (χ3v) is 1.49. The predicted molar refractivity (Wildman–Crippen MR) is 76.4 cm³/mol. The van der Waals surface area contributed by atoms with Crippen LogP contribution in [-0.2, 0) is 14.3 Å². The van der Waals surface area contributed by atoms with Crippen LogP contribution >= 0.6 is 0 Å². The first kappa shape index (κ1) is 18.7. The summed E-state index contributed by atoms with van der Waals surface area (Å²) in [5.41, 5.74) is -1.44. The minimum absolute atomic E-state index is 0.304. The Morgan fingerprint density at radius 2 is 1.33 bits per heavy atom. The van der Waals surface area contributed by atoms with Gasteiger partial charge in [-0.05, 0) is 41.5 Å². The van der Waals surface area contributed by atoms with Crippen molar-refractivity contribution < 1.29 is 23.9 Å². The van der Waals surface area contributed by atoms with Gasteiger partial charge in [0, 0.05) is 0 Å². The number of alkyl carbamates (subject to hydrolysis) is 2. The molecular weight excluding hydrogens is 278 g/mol. The summed E-state index contributed by atoms with van der Waals surface area (Å²) in [6.07, 6.45) is -0.933. The Bertz CT molecular complexity index is 433. The third kappa shape index (κ3) is 11.2. The molecule has 0 aromatic carbocycles. The zero-order chi connectivity index (χ0) is 16.7. The van der Waals surface area contributed by atoms with Crippen molar-refractivity contribution in [2.45, 2.75) is 52.7 Å². The first-order chi connectivity index (χ1) is 9.43. The number of guanidine groups is 1. The SMILES string of the molecule is CC(C)(C)OC(=O)NC(=NC=C=O)NC(=O)OC(C)(C)C. The summed E-state index contributed by atoms with van der Waals surface area (Å²) in [6, 6.07) is 0. The first-order valence-corrected chi connectivity index (χ1v) is 6.20. The second kappa shape index (κ2) is 7.44. The van der Waals surface area contributed by atoms with E-state index >= 15 is 0 Å². The maximum Gasteiger partial charge on any atom is 0.414 e. The van der Waals surface area contributed by atoms with Gasteiger partial charge in [-0.2, -0.15) is 0 Å². The third-order valence-electron chi connectivity index (χ3n) is 1.49. The molecule has 0 spiro atoms. The van der Waals surface area contributed by atoms with Crippen molar-refractivity contribution in [2.75, 3.05) is 0 Å². The van der Waals surface area contributed by atoms with Crippen molar-refractivity contribution in [3.05, 3.63) is 6.20 Å². The zero-order valence-electron chi connectivity index (χ0n) is 13.1. The molecule has 0 rings (SSSR count). The van der Waals surface area contributed by atoms with Gasteiger partial charge in [-0.25, -0.2) is 19.4 Å². The Morgan fingerprint density at radius 3 is 1.62 bits per heavy atom. The number of carbonyl (C=O) groups is 2. The Balaban J connectivity index is 4.80. The maximum absolute atomic E-state index is 11.6. The molecule has 0 aliphatic rings. The second-order valence-electron chi connectivity index (χ2n) is 5.98. The lowest BCUT2D eigenvalue weighted by atomic mass is 10.2. The minimum atomic E-state index is -0.836. The van der Waals surface area contributed by atoms with Gasteiger partial charge in [0.2, 0.25) is 5.96 Å². The summed E-state index contributed by atoms with van der Waals surface area (Å²) >= 11 is 0. The lowest BCUT2D eigenvalue weighted by molar-refractivity contribution is 0.0545. The van der Waals surface area contributed by atoms with E-state index in [9.17, 15) is 14.4 Å². The van der Waals surface area contributed by atoms with Gasteiger partial charge >= 0.3 is 12.2 Å². The van der Waals surface area contributed by atoms with E-state index in [1.807, 2.05) is 0 Å². The molecule has 0 aliphatic carbocycles. The number of nitrogens with zero attached hydrogens (tertiary/aromatic N) is 1. The standard InChI is InChI=1S/C13H21N3O5/c1-12(2,3)20-10(18)15-9(14-7-8-17)16-11(19)21-13(4,5)6/h7H,1-6H3,(H2,14,15,16,18,19). The van der Waals surface area contributed by atoms with E-state index in [1.54, 1.807) is 41.5 Å². The monoisotopic (exact) mass is 299 g/mol. The van der Waals surface area contributed by atoms with Gasteiger partial charge in [0.05, 0.1) is 0 Å². The molecule has 8 nitrogen and oxygen atoms in total. The molecule has 0 radical (unpaired) electrons. The van der Waals surface area contributed by atoms with Crippen LogP contribution in [0, 0.1) is 0 Å². The summed E-state index contributed by atoms with van der Waals surface area (Å²) in [5, 5.41) is 4.38. The summed E-state index contributed by atoms with van der Waals surface area (Å²) in [7, 11) is 0. The molecule has 0 atom stereocenters. The number of hydrogen-bond donors (Lipinski definition) is 2. The first-order valence-electron chi connectivity index (χ1n) is 6.20. The van der Waals surface area contributed by atoms with Crippen LogP contribution in [-0.4, -0.2) is 35.3 Å². The van der Waals surface area contributed by atoms with Gasteiger partial charge in [0.25, 0.3) is 0 Å². The molecule has 2 N–H and O–H groups in total. The fourth-order valence-electron chi connectivity index (χ4n) is 0.987. The molecule has 8 heteroatoms. The number of carbonyl (C=O) groups excluding carboxylic acids is 3. The van der Waals surface area contributed by atoms with E-state index < -0.39 is 23.4 Å². The number of aliphatic imine (C=N–C) groups is 1. The number of amides is 2. The Kier molecular flexibility index (Phi) is 6.61. The van der Waals surface area contributed by atoms with Gasteiger partial charge in [0.1, 0.15) is 23.3 Å². The summed E-state index contributed by atoms with van der Waals surface area (Å²) in [6.45, 7) is 10.1. The highest BCUT2D eigenvalue weighted by Gasteiger charge is 2.20. The topological polar surface area (TPSA) is 106 Å². The van der Waals surface area contributed by atoms with Crippen LogP contribution in [0.25, 0.3) is 0 Å². The zero-order valence-corrected chi connectivity index (χ0v) is 13.1. The van der Waals surface area contributed by atoms with Crippen molar-refractivity contribution in [1.29, 1.82) is 0 Å². The lowest BCUT2D eigenvalue weighted by Gasteiger charge is -2.21. The van der Waals surface area contributed by atoms with Gasteiger partial charge in [-0.1, -0.05) is 0 Å². The molecule has 0 aromatic heterocycles. The summed E-state index contributed by atoms with van der Waals surface area (Å²) < 4.78 is 9.99. The number of ether oxygens (including phenoxy) is 2. The van der Waals surface area contributed by atoms with Gasteiger partial charge < -0.3 is 9.47 Å². The number of hydrogen-bond acceptors (Lipinski definition) is 6. The molecule has 0 aromatic rings. The number of nitrogens with one attached hydrogen (secondary N) is 2. The van der Waals surface area contributed by atoms with E-state index in [0.717, 1.165) is 6.20 Å². The van der Waals surface area contributed by atoms with Crippen LogP contribution in [0.1, 0.15) is 41.5 Å². The lowest BCUT2D eigenvalue weighted by Crippen LogP contribution is -2.47. The van der Waals surface area contributed by atoms with Crippen molar-refractivity contribution in [2.24, 2.45) is 4.99 Å². The van der Waals surface area contributed by atoms with Gasteiger partial charge in [-0.15, -0.1) is 0 Å². The van der Waals surface area contributed by atoms with Crippen molar-refractivity contribution in [1.82, 2.24) is 10.6 Å².